The molecule has 1 aliphatic carbocycles. The van der Waals surface area contributed by atoms with Crippen LogP contribution in [0.1, 0.15) is 69.4 Å². The molecular weight excluding hydrogens is 366 g/mol. The zero-order chi connectivity index (χ0) is 20.6. The molecule has 1 aromatic rings. The van der Waals surface area contributed by atoms with Gasteiger partial charge in [-0.2, -0.15) is 0 Å². The molecule has 0 saturated carbocycles. The van der Waals surface area contributed by atoms with Crippen molar-refractivity contribution in [2.75, 3.05) is 13.2 Å². The van der Waals surface area contributed by atoms with E-state index in [1.807, 2.05) is 6.07 Å². The van der Waals surface area contributed by atoms with Crippen LogP contribution >= 0.6 is 0 Å². The lowest BCUT2D eigenvalue weighted by atomic mass is 9.84. The second kappa shape index (κ2) is 10.5. The first-order chi connectivity index (χ1) is 14.1. The summed E-state index contributed by atoms with van der Waals surface area (Å²) >= 11 is 0. The number of unbranched alkanes of at least 4 members (excludes halogenated alkanes) is 2. The maximum atomic E-state index is 12.4. The van der Waals surface area contributed by atoms with Gasteiger partial charge in [0.15, 0.2) is 0 Å². The van der Waals surface area contributed by atoms with Gasteiger partial charge in [0, 0.05) is 18.0 Å². The Morgan fingerprint density at radius 2 is 2.14 bits per heavy atom. The fourth-order valence-corrected chi connectivity index (χ4v) is 3.87. The fourth-order valence-electron chi connectivity index (χ4n) is 3.87. The zero-order valence-electron chi connectivity index (χ0n) is 17.7. The van der Waals surface area contributed by atoms with E-state index in [9.17, 15) is 4.79 Å². The molecule has 0 bridgehead atoms. The molecule has 0 spiro atoms. The lowest BCUT2D eigenvalue weighted by Crippen LogP contribution is -2.30. The highest BCUT2D eigenvalue weighted by atomic mass is 16.6. The number of rotatable bonds is 10. The van der Waals surface area contributed by atoms with E-state index < -0.39 is 6.09 Å². The van der Waals surface area contributed by atoms with E-state index >= 15 is 0 Å². The lowest BCUT2D eigenvalue weighted by Gasteiger charge is -2.24. The van der Waals surface area contributed by atoms with Crippen LogP contribution in [-0.4, -0.2) is 25.3 Å². The van der Waals surface area contributed by atoms with Gasteiger partial charge in [0.2, 0.25) is 0 Å². The van der Waals surface area contributed by atoms with Gasteiger partial charge in [-0.15, -0.1) is 0 Å². The number of carbonyl (C=O) groups excluding carboxylic acids is 1. The third-order valence-corrected chi connectivity index (χ3v) is 5.47. The van der Waals surface area contributed by atoms with Crippen LogP contribution in [0.4, 0.5) is 4.79 Å². The Bertz CT molecular complexity index is 751. The third-order valence-electron chi connectivity index (χ3n) is 5.47. The highest BCUT2D eigenvalue weighted by Gasteiger charge is 2.26. The Morgan fingerprint density at radius 1 is 1.34 bits per heavy atom. The number of ether oxygens (including phenoxy) is 3. The van der Waals surface area contributed by atoms with Crippen LogP contribution in [0.5, 0.6) is 11.5 Å². The van der Waals surface area contributed by atoms with Crippen LogP contribution in [0.25, 0.3) is 0 Å². The molecule has 2 atom stereocenters. The number of nitrogens with one attached hydrogen (secondary N) is 1. The van der Waals surface area contributed by atoms with Crippen molar-refractivity contribution in [1.82, 2.24) is 5.32 Å². The number of aryl methyl sites for hydroxylation is 1. The van der Waals surface area contributed by atoms with Crippen molar-refractivity contribution >= 4 is 6.09 Å². The van der Waals surface area contributed by atoms with Gasteiger partial charge in [0.05, 0.1) is 19.0 Å². The maximum Gasteiger partial charge on any atom is 0.412 e. The Kier molecular flexibility index (Phi) is 7.76. The molecule has 1 N–H and O–H groups in total. The summed E-state index contributed by atoms with van der Waals surface area (Å²) in [5.74, 6) is 1.48. The summed E-state index contributed by atoms with van der Waals surface area (Å²) in [5, 5.41) is 2.79. The van der Waals surface area contributed by atoms with Crippen molar-refractivity contribution < 1.29 is 19.0 Å². The molecule has 158 valence electrons. The Balaban J connectivity index is 1.90. The summed E-state index contributed by atoms with van der Waals surface area (Å²) in [7, 11) is 0. The predicted molar refractivity (Wildman–Crippen MR) is 115 cm³/mol. The van der Waals surface area contributed by atoms with Crippen molar-refractivity contribution in [1.29, 1.82) is 0 Å². The van der Waals surface area contributed by atoms with Crippen LogP contribution in [0.2, 0.25) is 0 Å². The standard InChI is InChI=1S/C24H33NO4/c1-4-6-7-10-18-13-21(27-5-2)23(19-11-8-9-17(3)12-19)22(14-18)29-24(26)25-15-20-16-28-20/h5,12-14,19-20H,2,4,6-11,15-16H2,1,3H3,(H,25,26)/t19-,20?/m0/s1. The molecule has 1 heterocycles. The van der Waals surface area contributed by atoms with E-state index in [0.29, 0.717) is 18.9 Å². The molecule has 0 aromatic heterocycles. The molecule has 1 aromatic carbocycles. The van der Waals surface area contributed by atoms with Crippen LogP contribution in [-0.2, 0) is 11.2 Å². The summed E-state index contributed by atoms with van der Waals surface area (Å²) in [6, 6.07) is 4.08. The molecule has 5 nitrogen and oxygen atoms in total. The molecule has 3 rings (SSSR count). The number of amides is 1. The smallest absolute Gasteiger partial charge is 0.412 e. The summed E-state index contributed by atoms with van der Waals surface area (Å²) < 4.78 is 16.8. The van der Waals surface area contributed by atoms with Crippen LogP contribution < -0.4 is 14.8 Å². The van der Waals surface area contributed by atoms with Gasteiger partial charge in [-0.05, 0) is 56.7 Å². The van der Waals surface area contributed by atoms with Crippen molar-refractivity contribution in [3.63, 3.8) is 0 Å². The normalized spacial score (nSPS) is 20.6. The van der Waals surface area contributed by atoms with Gasteiger partial charge < -0.3 is 19.5 Å². The number of epoxide rings is 1. The van der Waals surface area contributed by atoms with E-state index in [0.717, 1.165) is 55.4 Å². The first kappa shape index (κ1) is 21.4. The topological polar surface area (TPSA) is 60.1 Å². The van der Waals surface area contributed by atoms with Crippen LogP contribution in [0.15, 0.2) is 36.6 Å². The molecule has 5 heteroatoms. The average Bonchev–Trinajstić information content (AvgIpc) is 3.51. The van der Waals surface area contributed by atoms with Crippen molar-refractivity contribution in [3.05, 3.63) is 47.7 Å². The minimum atomic E-state index is -0.450. The predicted octanol–water partition coefficient (Wildman–Crippen LogP) is 5.64. The second-order valence-electron chi connectivity index (χ2n) is 7.98. The summed E-state index contributed by atoms with van der Waals surface area (Å²) in [5.41, 5.74) is 3.41. The molecule has 1 aliphatic heterocycles. The van der Waals surface area contributed by atoms with Crippen molar-refractivity contribution in [2.45, 2.75) is 70.8 Å². The van der Waals surface area contributed by atoms with Gasteiger partial charge >= 0.3 is 6.09 Å². The summed E-state index contributed by atoms with van der Waals surface area (Å²) in [6.45, 7) is 9.25. The molecule has 29 heavy (non-hydrogen) atoms. The third kappa shape index (κ3) is 6.36. The molecule has 1 fully saturated rings. The van der Waals surface area contributed by atoms with Crippen LogP contribution in [0, 0.1) is 0 Å². The van der Waals surface area contributed by atoms with Gasteiger partial charge in [-0.1, -0.05) is 38.0 Å². The van der Waals surface area contributed by atoms with E-state index in [2.05, 4.69) is 37.9 Å². The highest BCUT2D eigenvalue weighted by Crippen LogP contribution is 2.43. The summed E-state index contributed by atoms with van der Waals surface area (Å²) in [6.07, 6.45) is 11.0. The number of benzene rings is 1. The average molecular weight is 400 g/mol. The van der Waals surface area contributed by atoms with Gasteiger partial charge in [0.1, 0.15) is 11.5 Å². The quantitative estimate of drug-likeness (QED) is 0.239. The van der Waals surface area contributed by atoms with Crippen LogP contribution in [0.3, 0.4) is 0 Å². The van der Waals surface area contributed by atoms with Crippen molar-refractivity contribution in [3.8, 4) is 11.5 Å². The van der Waals surface area contributed by atoms with E-state index in [1.54, 1.807) is 0 Å². The van der Waals surface area contributed by atoms with E-state index in [4.69, 9.17) is 14.2 Å². The monoisotopic (exact) mass is 399 g/mol. The maximum absolute atomic E-state index is 12.4. The Morgan fingerprint density at radius 3 is 2.83 bits per heavy atom. The van der Waals surface area contributed by atoms with E-state index in [-0.39, 0.29) is 12.0 Å². The number of carbonyl (C=O) groups is 1. The Labute approximate surface area is 174 Å². The lowest BCUT2D eigenvalue weighted by molar-refractivity contribution is 0.198. The molecule has 1 unspecified atom stereocenters. The fraction of sp³-hybridized carbons (Fsp3) is 0.542. The minimum Gasteiger partial charge on any atom is -0.465 e. The first-order valence-electron chi connectivity index (χ1n) is 10.8. The van der Waals surface area contributed by atoms with Gasteiger partial charge in [-0.3, -0.25) is 0 Å². The molecule has 1 amide bonds. The first-order valence-corrected chi connectivity index (χ1v) is 10.8. The number of hydrogen-bond donors (Lipinski definition) is 1. The molecular formula is C24H33NO4. The second-order valence-corrected chi connectivity index (χ2v) is 7.98. The van der Waals surface area contributed by atoms with Crippen molar-refractivity contribution in [2.24, 2.45) is 0 Å². The SMILES string of the molecule is C=COc1cc(CCCCC)cc(OC(=O)NCC2CO2)c1[C@@H]1C=C(C)CCC1. The van der Waals surface area contributed by atoms with E-state index in [1.165, 1.54) is 18.3 Å². The number of allylic oxidation sites excluding steroid dienone is 2. The summed E-state index contributed by atoms with van der Waals surface area (Å²) in [4.78, 5) is 12.4. The van der Waals surface area contributed by atoms with Gasteiger partial charge in [0.25, 0.3) is 0 Å². The highest BCUT2D eigenvalue weighted by molar-refractivity contribution is 5.72. The zero-order valence-corrected chi connectivity index (χ0v) is 17.7. The number of hydrogen-bond acceptors (Lipinski definition) is 4. The molecule has 2 aliphatic rings. The molecule has 1 saturated heterocycles. The van der Waals surface area contributed by atoms with Gasteiger partial charge in [-0.25, -0.2) is 4.79 Å². The Hall–Kier alpha value is -2.27. The minimum absolute atomic E-state index is 0.117. The molecule has 0 radical (unpaired) electrons. The largest absolute Gasteiger partial charge is 0.465 e.